The first-order valence-electron chi connectivity index (χ1n) is 9.12. The molecule has 160 valence electrons. The third kappa shape index (κ3) is 4.56. The Labute approximate surface area is 174 Å². The van der Waals surface area contributed by atoms with E-state index in [1.807, 2.05) is 0 Å². The highest BCUT2D eigenvalue weighted by molar-refractivity contribution is 6.28. The number of ketones is 1. The molecule has 1 aliphatic heterocycles. The SMILES string of the molecule is COC1=C(C(=O)/C=C/c2ccc([N+](=O)[O-])cc2)C(=O)N(C(=O)OC(C)(C)C)C1(C)C. The highest BCUT2D eigenvalue weighted by atomic mass is 16.6. The van der Waals surface area contributed by atoms with Gasteiger partial charge in [-0.2, -0.15) is 0 Å². The predicted octanol–water partition coefficient (Wildman–Crippen LogP) is 3.63. The maximum atomic E-state index is 12.9. The van der Waals surface area contributed by atoms with Gasteiger partial charge in [0.2, 0.25) is 0 Å². The topological polar surface area (TPSA) is 116 Å². The van der Waals surface area contributed by atoms with Gasteiger partial charge in [-0.25, -0.2) is 9.69 Å². The van der Waals surface area contributed by atoms with Crippen molar-refractivity contribution in [2.75, 3.05) is 7.11 Å². The smallest absolute Gasteiger partial charge is 0.418 e. The van der Waals surface area contributed by atoms with Crippen LogP contribution in [0.15, 0.2) is 41.7 Å². The average molecular weight is 416 g/mol. The Morgan fingerprint density at radius 1 is 1.17 bits per heavy atom. The van der Waals surface area contributed by atoms with Crippen molar-refractivity contribution in [1.29, 1.82) is 0 Å². The lowest BCUT2D eigenvalue weighted by atomic mass is 10.0. The van der Waals surface area contributed by atoms with Crippen molar-refractivity contribution in [1.82, 2.24) is 4.90 Å². The fourth-order valence-electron chi connectivity index (χ4n) is 3.02. The molecule has 2 rings (SSSR count). The number of ether oxygens (including phenoxy) is 2. The fourth-order valence-corrected chi connectivity index (χ4v) is 3.02. The predicted molar refractivity (Wildman–Crippen MR) is 108 cm³/mol. The van der Waals surface area contributed by atoms with Crippen molar-refractivity contribution in [3.63, 3.8) is 0 Å². The van der Waals surface area contributed by atoms with Crippen LogP contribution in [0.2, 0.25) is 0 Å². The zero-order valence-corrected chi connectivity index (χ0v) is 17.7. The molecule has 0 aromatic heterocycles. The van der Waals surface area contributed by atoms with Crippen LogP contribution in [-0.4, -0.2) is 45.9 Å². The fraction of sp³-hybridized carbons (Fsp3) is 0.381. The number of nitrogens with zero attached hydrogens (tertiary/aromatic N) is 2. The normalized spacial score (nSPS) is 16.2. The maximum absolute atomic E-state index is 12.9. The van der Waals surface area contributed by atoms with Crippen LogP contribution in [0, 0.1) is 10.1 Å². The Hall–Kier alpha value is -3.49. The van der Waals surface area contributed by atoms with Crippen LogP contribution in [0.1, 0.15) is 40.2 Å². The van der Waals surface area contributed by atoms with Crippen molar-refractivity contribution in [2.45, 2.75) is 45.8 Å². The molecule has 0 saturated heterocycles. The van der Waals surface area contributed by atoms with Crippen LogP contribution < -0.4 is 0 Å². The van der Waals surface area contributed by atoms with E-state index in [1.54, 1.807) is 34.6 Å². The van der Waals surface area contributed by atoms with Crippen LogP contribution in [-0.2, 0) is 19.1 Å². The van der Waals surface area contributed by atoms with Crippen LogP contribution in [0.4, 0.5) is 10.5 Å². The van der Waals surface area contributed by atoms with E-state index in [1.165, 1.54) is 37.5 Å². The minimum absolute atomic E-state index is 0.0525. The molecule has 2 amide bonds. The molecule has 1 aliphatic rings. The van der Waals surface area contributed by atoms with Crippen molar-refractivity contribution in [3.8, 4) is 0 Å². The first kappa shape index (κ1) is 22.8. The van der Waals surface area contributed by atoms with E-state index in [-0.39, 0.29) is 17.0 Å². The Bertz CT molecular complexity index is 951. The number of hydrogen-bond acceptors (Lipinski definition) is 7. The summed E-state index contributed by atoms with van der Waals surface area (Å²) in [7, 11) is 1.32. The number of nitro benzene ring substituents is 1. The molecule has 1 aromatic carbocycles. The minimum atomic E-state index is -1.22. The summed E-state index contributed by atoms with van der Waals surface area (Å²) in [5.41, 5.74) is -1.87. The van der Waals surface area contributed by atoms with Crippen molar-refractivity contribution in [3.05, 3.63) is 57.4 Å². The standard InChI is InChI=1S/C21H24N2O7/c1-20(2,3)30-19(26)22-18(25)16(17(29-6)21(22,4)5)15(24)12-9-13-7-10-14(11-8-13)23(27)28/h7-12H,1-6H3/b12-9+. The Balaban J connectivity index is 2.33. The summed E-state index contributed by atoms with van der Waals surface area (Å²) >= 11 is 0. The van der Waals surface area contributed by atoms with Crippen molar-refractivity contribution < 1.29 is 28.8 Å². The van der Waals surface area contributed by atoms with Crippen molar-refractivity contribution in [2.24, 2.45) is 0 Å². The lowest BCUT2D eigenvalue weighted by Crippen LogP contribution is -2.49. The van der Waals surface area contributed by atoms with Crippen LogP contribution in [0.3, 0.4) is 0 Å². The molecule has 0 aliphatic carbocycles. The van der Waals surface area contributed by atoms with Gasteiger partial charge in [0, 0.05) is 12.1 Å². The summed E-state index contributed by atoms with van der Waals surface area (Å²) < 4.78 is 10.6. The molecule has 9 nitrogen and oxygen atoms in total. The number of non-ortho nitro benzene ring substituents is 1. The summed E-state index contributed by atoms with van der Waals surface area (Å²) in [6.07, 6.45) is 1.69. The molecule has 1 aromatic rings. The third-order valence-electron chi connectivity index (χ3n) is 4.32. The van der Waals surface area contributed by atoms with E-state index in [2.05, 4.69) is 0 Å². The number of amides is 2. The summed E-state index contributed by atoms with van der Waals surface area (Å²) in [6.45, 7) is 8.16. The van der Waals surface area contributed by atoms with Crippen LogP contribution in [0.25, 0.3) is 6.08 Å². The lowest BCUT2D eigenvalue weighted by Gasteiger charge is -2.33. The Kier molecular flexibility index (Phi) is 6.15. The molecule has 0 unspecified atom stereocenters. The molecule has 30 heavy (non-hydrogen) atoms. The quantitative estimate of drug-likeness (QED) is 0.311. The van der Waals surface area contributed by atoms with E-state index in [4.69, 9.17) is 9.47 Å². The number of imide groups is 1. The molecule has 0 fully saturated rings. The van der Waals surface area contributed by atoms with E-state index in [0.717, 1.165) is 11.0 Å². The number of benzene rings is 1. The monoisotopic (exact) mass is 416 g/mol. The first-order valence-corrected chi connectivity index (χ1v) is 9.12. The average Bonchev–Trinajstić information content (AvgIpc) is 2.83. The molecule has 0 atom stereocenters. The maximum Gasteiger partial charge on any atom is 0.418 e. The Morgan fingerprint density at radius 2 is 1.73 bits per heavy atom. The number of carbonyl (C=O) groups excluding carboxylic acids is 3. The van der Waals surface area contributed by atoms with Gasteiger partial charge >= 0.3 is 6.09 Å². The molecule has 0 saturated carbocycles. The summed E-state index contributed by atoms with van der Waals surface area (Å²) in [6, 6.07) is 5.55. The first-order chi connectivity index (χ1) is 13.8. The van der Waals surface area contributed by atoms with E-state index >= 15 is 0 Å². The lowest BCUT2D eigenvalue weighted by molar-refractivity contribution is -0.384. The third-order valence-corrected chi connectivity index (χ3v) is 4.32. The molecule has 0 radical (unpaired) electrons. The largest absolute Gasteiger partial charge is 0.498 e. The number of hydrogen-bond donors (Lipinski definition) is 0. The van der Waals surface area contributed by atoms with E-state index in [9.17, 15) is 24.5 Å². The van der Waals surface area contributed by atoms with Gasteiger partial charge in [-0.1, -0.05) is 6.08 Å². The molecule has 9 heteroatoms. The number of methoxy groups -OCH3 is 1. The summed E-state index contributed by atoms with van der Waals surface area (Å²) in [5.74, 6) is -1.42. The molecule has 0 bridgehead atoms. The van der Waals surface area contributed by atoms with Crippen molar-refractivity contribution >= 4 is 29.5 Å². The second kappa shape index (κ2) is 8.10. The van der Waals surface area contributed by atoms with Gasteiger partial charge in [0.25, 0.3) is 11.6 Å². The van der Waals surface area contributed by atoms with E-state index < -0.39 is 33.8 Å². The highest BCUT2D eigenvalue weighted by Crippen LogP contribution is 2.37. The second-order valence-corrected chi connectivity index (χ2v) is 8.13. The van der Waals surface area contributed by atoms with Gasteiger partial charge in [0.1, 0.15) is 22.5 Å². The Morgan fingerprint density at radius 3 is 2.20 bits per heavy atom. The van der Waals surface area contributed by atoms with E-state index in [0.29, 0.717) is 5.56 Å². The molecule has 0 N–H and O–H groups in total. The second-order valence-electron chi connectivity index (χ2n) is 8.13. The van der Waals surface area contributed by atoms with Crippen LogP contribution in [0.5, 0.6) is 0 Å². The molecular weight excluding hydrogens is 392 g/mol. The molecular formula is C21H24N2O7. The summed E-state index contributed by atoms with van der Waals surface area (Å²) in [4.78, 5) is 49.4. The zero-order valence-electron chi connectivity index (χ0n) is 17.7. The molecule has 1 heterocycles. The van der Waals surface area contributed by atoms with Gasteiger partial charge < -0.3 is 9.47 Å². The van der Waals surface area contributed by atoms with Gasteiger partial charge in [0.15, 0.2) is 5.78 Å². The van der Waals surface area contributed by atoms with Gasteiger partial charge in [-0.3, -0.25) is 19.7 Å². The number of allylic oxidation sites excluding steroid dienone is 1. The summed E-state index contributed by atoms with van der Waals surface area (Å²) in [5, 5.41) is 10.7. The number of nitro groups is 1. The van der Waals surface area contributed by atoms with Gasteiger partial charge in [-0.05, 0) is 58.4 Å². The zero-order chi connectivity index (χ0) is 22.9. The molecule has 0 spiro atoms. The number of rotatable bonds is 5. The highest BCUT2D eigenvalue weighted by Gasteiger charge is 2.52. The van der Waals surface area contributed by atoms with Gasteiger partial charge in [-0.15, -0.1) is 0 Å². The minimum Gasteiger partial charge on any atom is -0.498 e. The van der Waals surface area contributed by atoms with Gasteiger partial charge in [0.05, 0.1) is 12.0 Å². The van der Waals surface area contributed by atoms with Crippen LogP contribution >= 0.6 is 0 Å². The number of carbonyl (C=O) groups is 3.